The number of fused-ring (bicyclic) bond motifs is 1. The molecular weight excluding hydrogens is 250 g/mol. The van der Waals surface area contributed by atoms with Crippen molar-refractivity contribution in [2.75, 3.05) is 11.9 Å². The number of amides is 1. The molecule has 1 heterocycles. The van der Waals surface area contributed by atoms with Crippen molar-refractivity contribution >= 4 is 29.0 Å². The minimum absolute atomic E-state index is 0.0287. The molecule has 0 aromatic heterocycles. The number of rotatable bonds is 3. The zero-order valence-corrected chi connectivity index (χ0v) is 11.5. The van der Waals surface area contributed by atoms with Crippen molar-refractivity contribution in [1.29, 1.82) is 0 Å². The fourth-order valence-electron chi connectivity index (χ4n) is 2.51. The number of ketones is 1. The van der Waals surface area contributed by atoms with Crippen LogP contribution in [0, 0.1) is 0 Å². The van der Waals surface area contributed by atoms with E-state index in [0.29, 0.717) is 17.9 Å². The number of benzene rings is 1. The van der Waals surface area contributed by atoms with E-state index in [1.807, 2.05) is 19.1 Å². The third-order valence-electron chi connectivity index (χ3n) is 3.67. The van der Waals surface area contributed by atoms with Gasteiger partial charge in [0.25, 0.3) is 0 Å². The minimum Gasteiger partial charge on any atom is -0.314 e. The Balaban J connectivity index is 2.46. The van der Waals surface area contributed by atoms with Gasteiger partial charge in [-0.25, -0.2) is 0 Å². The van der Waals surface area contributed by atoms with Crippen LogP contribution in [-0.2, 0) is 15.0 Å². The van der Waals surface area contributed by atoms with Crippen molar-refractivity contribution in [3.8, 4) is 0 Å². The summed E-state index contributed by atoms with van der Waals surface area (Å²) >= 11 is 6.01. The van der Waals surface area contributed by atoms with E-state index in [9.17, 15) is 9.59 Å². The second-order valence-corrected chi connectivity index (χ2v) is 5.50. The van der Waals surface area contributed by atoms with Gasteiger partial charge < -0.3 is 9.69 Å². The molecule has 1 atom stereocenters. The number of halogens is 1. The summed E-state index contributed by atoms with van der Waals surface area (Å²) in [5, 5.41) is 0.617. The number of hydrogen-bond donors (Lipinski definition) is 0. The molecule has 0 aliphatic carbocycles. The lowest BCUT2D eigenvalue weighted by atomic mass is 9.79. The Morgan fingerprint density at radius 2 is 2.11 bits per heavy atom. The Morgan fingerprint density at radius 1 is 1.44 bits per heavy atom. The maximum absolute atomic E-state index is 12.4. The van der Waals surface area contributed by atoms with Crippen LogP contribution in [0.5, 0.6) is 0 Å². The van der Waals surface area contributed by atoms with Gasteiger partial charge in [0.1, 0.15) is 5.78 Å². The molecule has 3 nitrogen and oxygen atoms in total. The van der Waals surface area contributed by atoms with Crippen molar-refractivity contribution in [2.24, 2.45) is 0 Å². The van der Waals surface area contributed by atoms with Gasteiger partial charge in [0.2, 0.25) is 5.91 Å². The normalized spacial score (nSPS) is 22.2. The van der Waals surface area contributed by atoms with Crippen LogP contribution in [-0.4, -0.2) is 18.7 Å². The van der Waals surface area contributed by atoms with Crippen molar-refractivity contribution in [3.05, 3.63) is 28.8 Å². The quantitative estimate of drug-likeness (QED) is 0.843. The van der Waals surface area contributed by atoms with Crippen LogP contribution in [0.15, 0.2) is 18.2 Å². The molecule has 4 heteroatoms. The highest BCUT2D eigenvalue weighted by molar-refractivity contribution is 6.31. The standard InChI is InChI=1S/C14H16ClNO2/c1-9(17)6-7-14(2)11-8-10(15)4-5-12(11)16(3)13(14)18/h4-5,8H,6-7H2,1-3H3/t14-/m0/s1. The molecule has 0 saturated carbocycles. The molecule has 18 heavy (non-hydrogen) atoms. The van der Waals surface area contributed by atoms with Gasteiger partial charge in [-0.15, -0.1) is 0 Å². The molecule has 1 aliphatic rings. The van der Waals surface area contributed by atoms with Gasteiger partial charge in [-0.05, 0) is 44.0 Å². The molecule has 96 valence electrons. The lowest BCUT2D eigenvalue weighted by molar-refractivity contribution is -0.123. The first-order valence-electron chi connectivity index (χ1n) is 5.94. The van der Waals surface area contributed by atoms with E-state index in [1.165, 1.54) is 0 Å². The fraction of sp³-hybridized carbons (Fsp3) is 0.429. The maximum atomic E-state index is 12.4. The fourth-order valence-corrected chi connectivity index (χ4v) is 2.68. The number of hydrogen-bond acceptors (Lipinski definition) is 2. The predicted octanol–water partition coefficient (Wildman–Crippen LogP) is 2.94. The predicted molar refractivity (Wildman–Crippen MR) is 72.1 cm³/mol. The second kappa shape index (κ2) is 4.39. The minimum atomic E-state index is -0.638. The Bertz CT molecular complexity index is 527. The Labute approximate surface area is 112 Å². The van der Waals surface area contributed by atoms with Crippen LogP contribution < -0.4 is 4.90 Å². The van der Waals surface area contributed by atoms with Gasteiger partial charge in [-0.1, -0.05) is 11.6 Å². The summed E-state index contributed by atoms with van der Waals surface area (Å²) in [6.45, 7) is 3.43. The largest absolute Gasteiger partial charge is 0.314 e. The summed E-state index contributed by atoms with van der Waals surface area (Å²) in [6, 6.07) is 5.47. The summed E-state index contributed by atoms with van der Waals surface area (Å²) < 4.78 is 0. The van der Waals surface area contributed by atoms with E-state index in [0.717, 1.165) is 11.3 Å². The van der Waals surface area contributed by atoms with Crippen LogP contribution in [0.4, 0.5) is 5.69 Å². The zero-order chi connectivity index (χ0) is 13.5. The van der Waals surface area contributed by atoms with Crippen molar-refractivity contribution < 1.29 is 9.59 Å². The third kappa shape index (κ3) is 1.93. The monoisotopic (exact) mass is 265 g/mol. The summed E-state index contributed by atoms with van der Waals surface area (Å²) in [5.41, 5.74) is 1.17. The summed E-state index contributed by atoms with van der Waals surface area (Å²) in [7, 11) is 1.76. The molecule has 1 aromatic carbocycles. The van der Waals surface area contributed by atoms with Crippen molar-refractivity contribution in [2.45, 2.75) is 32.1 Å². The molecule has 0 spiro atoms. The van der Waals surface area contributed by atoms with Gasteiger partial charge in [0.15, 0.2) is 0 Å². The van der Waals surface area contributed by atoms with Gasteiger partial charge in [0, 0.05) is 24.2 Å². The van der Waals surface area contributed by atoms with E-state index in [4.69, 9.17) is 11.6 Å². The van der Waals surface area contributed by atoms with Gasteiger partial charge in [0.05, 0.1) is 5.41 Å². The second-order valence-electron chi connectivity index (χ2n) is 5.06. The van der Waals surface area contributed by atoms with Crippen LogP contribution >= 0.6 is 11.6 Å². The first kappa shape index (κ1) is 13.1. The van der Waals surface area contributed by atoms with Gasteiger partial charge >= 0.3 is 0 Å². The number of likely N-dealkylation sites (N-methyl/N-ethyl adjacent to an activating group) is 1. The van der Waals surface area contributed by atoms with Gasteiger partial charge in [-0.2, -0.15) is 0 Å². The molecule has 1 aliphatic heterocycles. The molecular formula is C14H16ClNO2. The average molecular weight is 266 g/mol. The lowest BCUT2D eigenvalue weighted by Gasteiger charge is -2.22. The van der Waals surface area contributed by atoms with E-state index in [1.54, 1.807) is 24.9 Å². The van der Waals surface area contributed by atoms with E-state index < -0.39 is 5.41 Å². The summed E-state index contributed by atoms with van der Waals surface area (Å²) in [4.78, 5) is 25.2. The molecule has 0 radical (unpaired) electrons. The Kier molecular flexibility index (Phi) is 3.20. The lowest BCUT2D eigenvalue weighted by Crippen LogP contribution is -2.36. The molecule has 1 amide bonds. The number of carbonyl (C=O) groups is 2. The summed E-state index contributed by atoms with van der Waals surface area (Å²) in [5.74, 6) is 0.128. The van der Waals surface area contributed by atoms with E-state index >= 15 is 0 Å². The van der Waals surface area contributed by atoms with Crippen LogP contribution in [0.2, 0.25) is 5.02 Å². The zero-order valence-electron chi connectivity index (χ0n) is 10.8. The van der Waals surface area contributed by atoms with Crippen LogP contribution in [0.1, 0.15) is 32.3 Å². The molecule has 0 saturated heterocycles. The highest BCUT2D eigenvalue weighted by Gasteiger charge is 2.45. The number of carbonyl (C=O) groups excluding carboxylic acids is 2. The molecule has 1 aromatic rings. The topological polar surface area (TPSA) is 37.4 Å². The van der Waals surface area contributed by atoms with E-state index in [-0.39, 0.29) is 11.7 Å². The van der Waals surface area contributed by atoms with Gasteiger partial charge in [-0.3, -0.25) is 4.79 Å². The molecule has 0 unspecified atom stereocenters. The van der Waals surface area contributed by atoms with Crippen LogP contribution in [0.25, 0.3) is 0 Å². The molecule has 0 bridgehead atoms. The molecule has 0 fully saturated rings. The van der Waals surface area contributed by atoms with Crippen LogP contribution in [0.3, 0.4) is 0 Å². The molecule has 2 rings (SSSR count). The molecule has 0 N–H and O–H groups in total. The first-order valence-corrected chi connectivity index (χ1v) is 6.31. The number of Topliss-reactive ketones (excluding diaryl/α,β-unsaturated/α-hetero) is 1. The Hall–Kier alpha value is -1.35. The van der Waals surface area contributed by atoms with E-state index in [2.05, 4.69) is 0 Å². The SMILES string of the molecule is CC(=O)CC[C@]1(C)C(=O)N(C)c2ccc(Cl)cc21. The maximum Gasteiger partial charge on any atom is 0.237 e. The third-order valence-corrected chi connectivity index (χ3v) is 3.90. The van der Waals surface area contributed by atoms with Crippen molar-refractivity contribution in [1.82, 2.24) is 0 Å². The Morgan fingerprint density at radius 3 is 2.72 bits per heavy atom. The first-order chi connectivity index (χ1) is 8.36. The average Bonchev–Trinajstić information content (AvgIpc) is 2.50. The number of anilines is 1. The van der Waals surface area contributed by atoms with Crippen molar-refractivity contribution in [3.63, 3.8) is 0 Å². The smallest absolute Gasteiger partial charge is 0.237 e. The highest BCUT2D eigenvalue weighted by atomic mass is 35.5. The highest BCUT2D eigenvalue weighted by Crippen LogP contribution is 2.44. The number of nitrogens with zero attached hydrogens (tertiary/aromatic N) is 1. The summed E-state index contributed by atoms with van der Waals surface area (Å²) in [6.07, 6.45) is 0.931.